The summed E-state index contributed by atoms with van der Waals surface area (Å²) in [6.45, 7) is 0.863. The normalized spacial score (nSPS) is 20.9. The van der Waals surface area contributed by atoms with Gasteiger partial charge in [0.25, 0.3) is 5.91 Å². The third-order valence-corrected chi connectivity index (χ3v) is 6.53. The zero-order valence-corrected chi connectivity index (χ0v) is 15.7. The van der Waals surface area contributed by atoms with Gasteiger partial charge in [-0.2, -0.15) is 0 Å². The number of carbonyl (C=O) groups excluding carboxylic acids is 1. The minimum Gasteiger partial charge on any atom is -0.361 e. The molecule has 0 atom stereocenters. The minimum absolute atomic E-state index is 0.270. The number of hydrogen-bond donors (Lipinski definition) is 3. The summed E-state index contributed by atoms with van der Waals surface area (Å²) in [6, 6.07) is 8.84. The Labute approximate surface area is 156 Å². The van der Waals surface area contributed by atoms with Gasteiger partial charge >= 0.3 is 0 Å². The number of hydrogen-bond acceptors (Lipinski definition) is 1. The molecule has 4 N–H and O–H groups in total. The van der Waals surface area contributed by atoms with Gasteiger partial charge < -0.3 is 15.6 Å². The van der Waals surface area contributed by atoms with Gasteiger partial charge in [-0.3, -0.25) is 4.79 Å². The van der Waals surface area contributed by atoms with Crippen LogP contribution in [0.3, 0.4) is 0 Å². The van der Waals surface area contributed by atoms with Crippen LogP contribution >= 0.6 is 0 Å². The van der Waals surface area contributed by atoms with Gasteiger partial charge in [0.05, 0.1) is 0 Å². The van der Waals surface area contributed by atoms with Crippen LogP contribution in [0.1, 0.15) is 69.8 Å². The zero-order chi connectivity index (χ0) is 17.8. The van der Waals surface area contributed by atoms with Crippen LogP contribution < -0.4 is 10.6 Å². The molecule has 2 fully saturated rings. The molecular formula is C22H32N3O+. The Balaban J connectivity index is 1.47. The van der Waals surface area contributed by atoms with Crippen LogP contribution in [0, 0.1) is 0 Å². The first-order chi connectivity index (χ1) is 12.8. The van der Waals surface area contributed by atoms with Crippen molar-refractivity contribution < 1.29 is 10.1 Å². The van der Waals surface area contributed by atoms with Gasteiger partial charge in [0, 0.05) is 41.5 Å². The highest BCUT2D eigenvalue weighted by molar-refractivity contribution is 5.85. The largest absolute Gasteiger partial charge is 0.361 e. The Kier molecular flexibility index (Phi) is 5.30. The first-order valence-electron chi connectivity index (χ1n) is 10.5. The third kappa shape index (κ3) is 3.66. The molecule has 1 heterocycles. The van der Waals surface area contributed by atoms with Crippen LogP contribution in [-0.2, 0) is 11.3 Å². The lowest BCUT2D eigenvalue weighted by Gasteiger charge is -2.35. The molecule has 4 heteroatoms. The van der Waals surface area contributed by atoms with Crippen LogP contribution in [0.15, 0.2) is 30.5 Å². The average Bonchev–Trinajstić information content (AvgIpc) is 3.11. The van der Waals surface area contributed by atoms with Gasteiger partial charge in [-0.25, -0.2) is 0 Å². The summed E-state index contributed by atoms with van der Waals surface area (Å²) in [7, 11) is 0. The highest BCUT2D eigenvalue weighted by atomic mass is 16.2. The number of benzene rings is 1. The van der Waals surface area contributed by atoms with Crippen molar-refractivity contribution in [2.75, 3.05) is 0 Å². The fourth-order valence-electron chi connectivity index (χ4n) is 4.89. The molecular weight excluding hydrogens is 322 g/mol. The number of nitrogens with two attached hydrogens (primary N) is 1. The highest BCUT2D eigenvalue weighted by Crippen LogP contribution is 2.27. The first-order valence-corrected chi connectivity index (χ1v) is 10.5. The van der Waals surface area contributed by atoms with Crippen LogP contribution in [0.4, 0.5) is 0 Å². The fraction of sp³-hybridized carbons (Fsp3) is 0.591. The van der Waals surface area contributed by atoms with Crippen molar-refractivity contribution in [3.05, 3.63) is 36.0 Å². The Bertz CT molecular complexity index is 739. The summed E-state index contributed by atoms with van der Waals surface area (Å²) in [5.41, 5.74) is 2.21. The number of H-pyrrole nitrogens is 1. The molecule has 0 saturated heterocycles. The molecule has 0 radical (unpaired) electrons. The highest BCUT2D eigenvalue weighted by Gasteiger charge is 2.43. The van der Waals surface area contributed by atoms with Gasteiger partial charge in [-0.1, -0.05) is 43.9 Å². The van der Waals surface area contributed by atoms with Crippen molar-refractivity contribution in [3.63, 3.8) is 0 Å². The van der Waals surface area contributed by atoms with E-state index in [0.29, 0.717) is 11.9 Å². The van der Waals surface area contributed by atoms with E-state index in [1.165, 1.54) is 55.0 Å². The van der Waals surface area contributed by atoms with E-state index < -0.39 is 0 Å². The first kappa shape index (κ1) is 17.6. The maximum Gasteiger partial charge on any atom is 0.281 e. The molecule has 1 aromatic carbocycles. The SMILES string of the molecule is O=C(NC1CCCCC1)C1([NH2+]Cc2c[nH]c3ccccc23)CCCCC1. The zero-order valence-electron chi connectivity index (χ0n) is 15.7. The fourth-order valence-corrected chi connectivity index (χ4v) is 4.89. The Morgan fingerprint density at radius 3 is 2.62 bits per heavy atom. The summed E-state index contributed by atoms with van der Waals surface area (Å²) in [5.74, 6) is 0.295. The molecule has 2 saturated carbocycles. The second kappa shape index (κ2) is 7.83. The van der Waals surface area contributed by atoms with Crippen molar-refractivity contribution >= 4 is 16.8 Å². The smallest absolute Gasteiger partial charge is 0.281 e. The molecule has 140 valence electrons. The van der Waals surface area contributed by atoms with Crippen molar-refractivity contribution in [1.82, 2.24) is 10.3 Å². The number of carbonyl (C=O) groups is 1. The number of rotatable bonds is 5. The summed E-state index contributed by atoms with van der Waals surface area (Å²) in [6.07, 6.45) is 13.9. The van der Waals surface area contributed by atoms with E-state index in [9.17, 15) is 4.79 Å². The monoisotopic (exact) mass is 354 g/mol. The molecule has 1 aromatic heterocycles. The molecule has 4 rings (SSSR count). The van der Waals surface area contributed by atoms with E-state index in [2.05, 4.69) is 46.1 Å². The topological polar surface area (TPSA) is 61.5 Å². The standard InChI is InChI=1S/C22H31N3O/c26-21(25-18-9-3-1-4-10-18)22(13-7-2-8-14-22)24-16-17-15-23-20-12-6-5-11-19(17)20/h5-6,11-12,15,18,23-24H,1-4,7-10,13-14,16H2,(H,25,26)/p+1. The van der Waals surface area contributed by atoms with Crippen LogP contribution in [0.5, 0.6) is 0 Å². The molecule has 2 aliphatic rings. The summed E-state index contributed by atoms with van der Waals surface area (Å²) in [5, 5.41) is 7.03. The second-order valence-corrected chi connectivity index (χ2v) is 8.29. The summed E-state index contributed by atoms with van der Waals surface area (Å²) in [4.78, 5) is 16.6. The number of amides is 1. The van der Waals surface area contributed by atoms with E-state index >= 15 is 0 Å². The van der Waals surface area contributed by atoms with E-state index in [1.54, 1.807) is 0 Å². The van der Waals surface area contributed by atoms with E-state index in [1.807, 2.05) is 0 Å². The molecule has 0 unspecified atom stereocenters. The van der Waals surface area contributed by atoms with Crippen LogP contribution in [-0.4, -0.2) is 22.5 Å². The maximum atomic E-state index is 13.3. The molecule has 0 aliphatic heterocycles. The lowest BCUT2D eigenvalue weighted by Crippen LogP contribution is -2.99. The predicted octanol–water partition coefficient (Wildman–Crippen LogP) is 3.38. The number of aromatic amines is 1. The molecule has 2 aliphatic carbocycles. The minimum atomic E-state index is -0.270. The number of nitrogens with one attached hydrogen (secondary N) is 2. The molecule has 26 heavy (non-hydrogen) atoms. The van der Waals surface area contributed by atoms with Crippen LogP contribution in [0.25, 0.3) is 10.9 Å². The summed E-state index contributed by atoms with van der Waals surface area (Å²) < 4.78 is 0. The molecule has 2 aromatic rings. The van der Waals surface area contributed by atoms with E-state index in [4.69, 9.17) is 0 Å². The number of fused-ring (bicyclic) bond motifs is 1. The van der Waals surface area contributed by atoms with Gasteiger partial charge in [0.15, 0.2) is 5.54 Å². The van der Waals surface area contributed by atoms with Crippen molar-refractivity contribution in [2.24, 2.45) is 0 Å². The van der Waals surface area contributed by atoms with Gasteiger partial charge in [0.1, 0.15) is 6.54 Å². The number of aromatic nitrogens is 1. The Morgan fingerprint density at radius 2 is 1.81 bits per heavy atom. The summed E-state index contributed by atoms with van der Waals surface area (Å²) >= 11 is 0. The van der Waals surface area contributed by atoms with E-state index in [0.717, 1.165) is 32.2 Å². The van der Waals surface area contributed by atoms with Crippen molar-refractivity contribution in [3.8, 4) is 0 Å². The number of quaternary nitrogens is 1. The Morgan fingerprint density at radius 1 is 1.08 bits per heavy atom. The van der Waals surface area contributed by atoms with Crippen molar-refractivity contribution in [2.45, 2.75) is 82.3 Å². The third-order valence-electron chi connectivity index (χ3n) is 6.53. The predicted molar refractivity (Wildman–Crippen MR) is 105 cm³/mol. The lowest BCUT2D eigenvalue weighted by atomic mass is 9.80. The Hall–Kier alpha value is -1.81. The van der Waals surface area contributed by atoms with Crippen molar-refractivity contribution in [1.29, 1.82) is 0 Å². The molecule has 1 amide bonds. The van der Waals surface area contributed by atoms with Gasteiger partial charge in [0.2, 0.25) is 0 Å². The lowest BCUT2D eigenvalue weighted by molar-refractivity contribution is -0.730. The molecule has 4 nitrogen and oxygen atoms in total. The van der Waals surface area contributed by atoms with Crippen LogP contribution in [0.2, 0.25) is 0 Å². The average molecular weight is 355 g/mol. The van der Waals surface area contributed by atoms with Gasteiger partial charge in [-0.15, -0.1) is 0 Å². The number of para-hydroxylation sites is 1. The van der Waals surface area contributed by atoms with E-state index in [-0.39, 0.29) is 5.54 Å². The quantitative estimate of drug-likeness (QED) is 0.757. The molecule has 0 spiro atoms. The maximum absolute atomic E-state index is 13.3. The molecule has 0 bridgehead atoms. The van der Waals surface area contributed by atoms with Gasteiger partial charge in [-0.05, 0) is 31.7 Å². The second-order valence-electron chi connectivity index (χ2n) is 8.29.